The van der Waals surface area contributed by atoms with E-state index in [1.807, 2.05) is 26.0 Å². The van der Waals surface area contributed by atoms with Gasteiger partial charge in [0, 0.05) is 10.9 Å². The minimum atomic E-state index is -0.717. The summed E-state index contributed by atoms with van der Waals surface area (Å²) in [6, 6.07) is 12.2. The van der Waals surface area contributed by atoms with E-state index in [2.05, 4.69) is 5.10 Å². The number of rotatable bonds is 5. The number of hydrogen-bond acceptors (Lipinski definition) is 5. The van der Waals surface area contributed by atoms with Crippen LogP contribution in [0, 0.1) is 0 Å². The Morgan fingerprint density at radius 1 is 1.07 bits per heavy atom. The molecule has 0 fully saturated rings. The van der Waals surface area contributed by atoms with Crippen LogP contribution in [0.15, 0.2) is 47.3 Å². The maximum absolute atomic E-state index is 12.7. The Morgan fingerprint density at radius 3 is 2.55 bits per heavy atom. The lowest BCUT2D eigenvalue weighted by Crippen LogP contribution is -2.28. The second kappa shape index (κ2) is 7.62. The molecule has 29 heavy (non-hydrogen) atoms. The van der Waals surface area contributed by atoms with Crippen LogP contribution in [0.2, 0.25) is 0 Å². The number of esters is 1. The zero-order chi connectivity index (χ0) is 20.5. The fraction of sp³-hybridized carbons (Fsp3) is 0.304. The van der Waals surface area contributed by atoms with Crippen molar-refractivity contribution in [2.45, 2.75) is 39.2 Å². The fourth-order valence-corrected chi connectivity index (χ4v) is 3.74. The van der Waals surface area contributed by atoms with Crippen LogP contribution >= 0.6 is 0 Å². The lowest BCUT2D eigenvalue weighted by Gasteiger charge is -2.13. The van der Waals surface area contributed by atoms with Gasteiger partial charge in [-0.2, -0.15) is 5.10 Å². The van der Waals surface area contributed by atoms with Crippen molar-refractivity contribution < 1.29 is 14.3 Å². The Hall–Kier alpha value is -3.28. The van der Waals surface area contributed by atoms with Gasteiger partial charge in [-0.3, -0.25) is 9.59 Å². The summed E-state index contributed by atoms with van der Waals surface area (Å²) in [6.45, 7) is 3.26. The van der Waals surface area contributed by atoms with Gasteiger partial charge >= 0.3 is 5.97 Å². The van der Waals surface area contributed by atoms with Crippen molar-refractivity contribution in [2.75, 3.05) is 6.61 Å². The van der Waals surface area contributed by atoms with Gasteiger partial charge in [0.05, 0.1) is 11.4 Å². The van der Waals surface area contributed by atoms with Crippen molar-refractivity contribution in [1.29, 1.82) is 0 Å². The van der Waals surface area contributed by atoms with E-state index in [1.54, 1.807) is 30.3 Å². The van der Waals surface area contributed by atoms with Crippen LogP contribution in [0.25, 0.3) is 10.8 Å². The SMILES string of the molecule is CC(C)n1nc(C(=O)OCC(=O)c2ccc3c(c2)CCC3)c2ccccc2c1=O. The predicted octanol–water partition coefficient (Wildman–Crippen LogP) is 3.51. The maximum Gasteiger partial charge on any atom is 0.359 e. The average molecular weight is 390 g/mol. The van der Waals surface area contributed by atoms with Gasteiger partial charge in [-0.25, -0.2) is 9.48 Å². The number of fused-ring (bicyclic) bond motifs is 2. The summed E-state index contributed by atoms with van der Waals surface area (Å²) in [4.78, 5) is 37.8. The first kappa shape index (κ1) is 19.1. The minimum Gasteiger partial charge on any atom is -0.452 e. The number of nitrogens with zero attached hydrogens (tertiary/aromatic N) is 2. The van der Waals surface area contributed by atoms with E-state index in [0.29, 0.717) is 16.3 Å². The second-order valence-electron chi connectivity index (χ2n) is 7.57. The summed E-state index contributed by atoms with van der Waals surface area (Å²) in [5.74, 6) is -0.973. The molecule has 0 radical (unpaired) electrons. The van der Waals surface area contributed by atoms with Crippen LogP contribution in [0.3, 0.4) is 0 Å². The molecule has 148 valence electrons. The Bertz CT molecular complexity index is 1180. The molecule has 0 N–H and O–H groups in total. The molecule has 0 spiro atoms. The monoisotopic (exact) mass is 390 g/mol. The summed E-state index contributed by atoms with van der Waals surface area (Å²) in [7, 11) is 0. The molecule has 2 aromatic carbocycles. The normalized spacial score (nSPS) is 12.9. The van der Waals surface area contributed by atoms with Crippen molar-refractivity contribution in [1.82, 2.24) is 9.78 Å². The number of benzene rings is 2. The van der Waals surface area contributed by atoms with Crippen molar-refractivity contribution in [2.24, 2.45) is 0 Å². The molecule has 0 amide bonds. The molecule has 0 saturated carbocycles. The number of hydrogen-bond donors (Lipinski definition) is 0. The number of ketones is 1. The Balaban J connectivity index is 1.59. The summed E-state index contributed by atoms with van der Waals surface area (Å²) >= 11 is 0. The molecule has 1 aliphatic carbocycles. The number of carbonyl (C=O) groups excluding carboxylic acids is 2. The third kappa shape index (κ3) is 3.58. The highest BCUT2D eigenvalue weighted by molar-refractivity contribution is 6.04. The maximum atomic E-state index is 12.7. The minimum absolute atomic E-state index is 0.0376. The molecule has 1 aliphatic rings. The zero-order valence-corrected chi connectivity index (χ0v) is 16.5. The molecule has 0 saturated heterocycles. The number of Topliss-reactive ketones (excluding diaryl/α,β-unsaturated/α-hetero) is 1. The Labute approximate surface area is 168 Å². The lowest BCUT2D eigenvalue weighted by molar-refractivity contribution is 0.0468. The highest BCUT2D eigenvalue weighted by Crippen LogP contribution is 2.23. The Morgan fingerprint density at radius 2 is 1.79 bits per heavy atom. The molecule has 1 aromatic heterocycles. The molecule has 6 heteroatoms. The molecule has 0 unspecified atom stereocenters. The van der Waals surface area contributed by atoms with E-state index in [0.717, 1.165) is 19.3 Å². The van der Waals surface area contributed by atoms with Gasteiger partial charge < -0.3 is 4.74 Å². The lowest BCUT2D eigenvalue weighted by atomic mass is 10.0. The van der Waals surface area contributed by atoms with Gasteiger partial charge in [0.2, 0.25) is 0 Å². The quantitative estimate of drug-likeness (QED) is 0.492. The van der Waals surface area contributed by atoms with Crippen molar-refractivity contribution >= 4 is 22.5 Å². The van der Waals surface area contributed by atoms with Gasteiger partial charge in [-0.05, 0) is 56.4 Å². The summed E-state index contributed by atoms with van der Waals surface area (Å²) in [6.07, 6.45) is 3.12. The highest BCUT2D eigenvalue weighted by Gasteiger charge is 2.21. The first-order valence-corrected chi connectivity index (χ1v) is 9.79. The molecule has 6 nitrogen and oxygen atoms in total. The zero-order valence-electron chi connectivity index (χ0n) is 16.5. The number of aromatic nitrogens is 2. The molecule has 1 heterocycles. The highest BCUT2D eigenvalue weighted by atomic mass is 16.5. The standard InChI is InChI=1S/C23H22N2O4/c1-14(2)25-22(27)19-9-4-3-8-18(19)21(24-25)23(28)29-13-20(26)17-11-10-15-6-5-7-16(15)12-17/h3-4,8-12,14H,5-7,13H2,1-2H3. The van der Waals surface area contributed by atoms with Crippen molar-refractivity contribution in [3.05, 3.63) is 75.2 Å². The van der Waals surface area contributed by atoms with Crippen LogP contribution in [-0.2, 0) is 17.6 Å². The Kier molecular flexibility index (Phi) is 5.01. The van der Waals surface area contributed by atoms with Crippen LogP contribution in [0.4, 0.5) is 0 Å². The topological polar surface area (TPSA) is 78.3 Å². The van der Waals surface area contributed by atoms with Crippen molar-refractivity contribution in [3.63, 3.8) is 0 Å². The van der Waals surface area contributed by atoms with Crippen molar-refractivity contribution in [3.8, 4) is 0 Å². The third-order valence-electron chi connectivity index (χ3n) is 5.27. The molecule has 4 rings (SSSR count). The molecule has 0 aliphatic heterocycles. The van der Waals surface area contributed by atoms with E-state index >= 15 is 0 Å². The van der Waals surface area contributed by atoms with Gasteiger partial charge in [0.1, 0.15) is 0 Å². The molecular formula is C23H22N2O4. The van der Waals surface area contributed by atoms with E-state index < -0.39 is 5.97 Å². The van der Waals surface area contributed by atoms with E-state index in [9.17, 15) is 14.4 Å². The number of carbonyl (C=O) groups is 2. The van der Waals surface area contributed by atoms with E-state index in [1.165, 1.54) is 15.8 Å². The summed E-state index contributed by atoms with van der Waals surface area (Å²) in [5, 5.41) is 5.03. The molecule has 0 atom stereocenters. The third-order valence-corrected chi connectivity index (χ3v) is 5.27. The van der Waals surface area contributed by atoms with Gasteiger partial charge in [-0.1, -0.05) is 30.3 Å². The smallest absolute Gasteiger partial charge is 0.359 e. The van der Waals surface area contributed by atoms with Gasteiger partial charge in [-0.15, -0.1) is 0 Å². The average Bonchev–Trinajstić information content (AvgIpc) is 3.20. The van der Waals surface area contributed by atoms with Crippen LogP contribution in [0.1, 0.15) is 58.3 Å². The summed E-state index contributed by atoms with van der Waals surface area (Å²) in [5.41, 5.74) is 2.80. The van der Waals surface area contributed by atoms with Gasteiger partial charge in [0.25, 0.3) is 5.56 Å². The second-order valence-corrected chi connectivity index (χ2v) is 7.57. The van der Waals surface area contributed by atoms with Crippen LogP contribution in [0.5, 0.6) is 0 Å². The summed E-state index contributed by atoms with van der Waals surface area (Å²) < 4.78 is 6.55. The largest absolute Gasteiger partial charge is 0.452 e. The molecule has 3 aromatic rings. The fourth-order valence-electron chi connectivity index (χ4n) is 3.74. The van der Waals surface area contributed by atoms with Crippen LogP contribution in [-0.4, -0.2) is 28.1 Å². The van der Waals surface area contributed by atoms with E-state index in [-0.39, 0.29) is 29.7 Å². The predicted molar refractivity (Wildman–Crippen MR) is 109 cm³/mol. The number of ether oxygens (including phenoxy) is 1. The first-order valence-electron chi connectivity index (χ1n) is 9.79. The molecular weight excluding hydrogens is 368 g/mol. The first-order chi connectivity index (χ1) is 14.0. The van der Waals surface area contributed by atoms with E-state index in [4.69, 9.17) is 4.74 Å². The molecule has 0 bridgehead atoms. The van der Waals surface area contributed by atoms with Gasteiger partial charge in [0.15, 0.2) is 18.1 Å². The number of aryl methyl sites for hydroxylation is 2. The van der Waals surface area contributed by atoms with Crippen LogP contribution < -0.4 is 5.56 Å².